The lowest BCUT2D eigenvalue weighted by molar-refractivity contribution is -0.384. The lowest BCUT2D eigenvalue weighted by Gasteiger charge is -2.11. The normalized spacial score (nSPS) is 12.2. The summed E-state index contributed by atoms with van der Waals surface area (Å²) in [5.41, 5.74) is 0.522. The fourth-order valence-corrected chi connectivity index (χ4v) is 1.73. The van der Waals surface area contributed by atoms with E-state index in [1.165, 1.54) is 4.68 Å². The first-order chi connectivity index (χ1) is 8.38. The van der Waals surface area contributed by atoms with E-state index in [9.17, 15) is 10.1 Å². The Morgan fingerprint density at radius 1 is 1.56 bits per heavy atom. The minimum atomic E-state index is -0.396. The number of hydrogen-bond acceptors (Lipinski definition) is 4. The molecule has 0 fully saturated rings. The zero-order valence-corrected chi connectivity index (χ0v) is 11.1. The highest BCUT2D eigenvalue weighted by Crippen LogP contribution is 2.33. The van der Waals surface area contributed by atoms with E-state index in [1.54, 1.807) is 7.05 Å². The van der Waals surface area contributed by atoms with Gasteiger partial charge in [-0.05, 0) is 6.92 Å². The number of nitrogens with zero attached hydrogens (tertiary/aromatic N) is 3. The van der Waals surface area contributed by atoms with Gasteiger partial charge in [-0.3, -0.25) is 10.1 Å². The summed E-state index contributed by atoms with van der Waals surface area (Å²) < 4.78 is 1.50. The molecule has 0 aliphatic rings. The zero-order chi connectivity index (χ0) is 13.9. The fourth-order valence-electron chi connectivity index (χ4n) is 1.73. The Kier molecular flexibility index (Phi) is 4.32. The first-order valence-electron chi connectivity index (χ1n) is 5.79. The molecule has 0 saturated heterocycles. The number of aryl methyl sites for hydroxylation is 1. The molecule has 0 aliphatic heterocycles. The van der Waals surface area contributed by atoms with Crippen molar-refractivity contribution in [1.29, 1.82) is 0 Å². The Hall–Kier alpha value is -2.03. The molecule has 98 valence electrons. The van der Waals surface area contributed by atoms with Crippen molar-refractivity contribution >= 4 is 11.5 Å². The molecule has 1 aromatic heterocycles. The molecule has 0 saturated carbocycles. The van der Waals surface area contributed by atoms with Gasteiger partial charge in [0.2, 0.25) is 5.82 Å². The molecule has 6 heteroatoms. The zero-order valence-electron chi connectivity index (χ0n) is 11.1. The molecule has 0 aromatic carbocycles. The Balaban J connectivity index is 3.18. The molecule has 0 amide bonds. The number of aromatic nitrogens is 2. The van der Waals surface area contributed by atoms with Crippen LogP contribution in [0.1, 0.15) is 38.8 Å². The Bertz CT molecular complexity index is 485. The molecule has 0 spiro atoms. The lowest BCUT2D eigenvalue weighted by Crippen LogP contribution is -2.17. The van der Waals surface area contributed by atoms with E-state index in [4.69, 9.17) is 6.42 Å². The van der Waals surface area contributed by atoms with Crippen LogP contribution in [-0.4, -0.2) is 20.7 Å². The molecular formula is C12H18N4O2. The van der Waals surface area contributed by atoms with Gasteiger partial charge in [-0.15, -0.1) is 12.3 Å². The van der Waals surface area contributed by atoms with E-state index in [-0.39, 0.29) is 17.6 Å². The van der Waals surface area contributed by atoms with Crippen LogP contribution < -0.4 is 5.32 Å². The van der Waals surface area contributed by atoms with Crippen molar-refractivity contribution in [3.05, 3.63) is 15.8 Å². The van der Waals surface area contributed by atoms with Crippen molar-refractivity contribution < 1.29 is 4.92 Å². The molecule has 1 heterocycles. The van der Waals surface area contributed by atoms with Crippen molar-refractivity contribution in [2.45, 2.75) is 39.2 Å². The first kappa shape index (κ1) is 14.0. The highest BCUT2D eigenvalue weighted by Gasteiger charge is 2.28. The maximum Gasteiger partial charge on any atom is 0.334 e. The Labute approximate surface area is 107 Å². The molecular weight excluding hydrogens is 232 g/mol. The van der Waals surface area contributed by atoms with Crippen LogP contribution in [0.25, 0.3) is 0 Å². The van der Waals surface area contributed by atoms with Gasteiger partial charge in [0.1, 0.15) is 5.69 Å². The van der Waals surface area contributed by atoms with Crippen LogP contribution in [0.5, 0.6) is 0 Å². The van der Waals surface area contributed by atoms with Gasteiger partial charge in [-0.1, -0.05) is 13.8 Å². The molecule has 18 heavy (non-hydrogen) atoms. The van der Waals surface area contributed by atoms with Gasteiger partial charge in [-0.2, -0.15) is 5.10 Å². The second-order valence-corrected chi connectivity index (χ2v) is 4.57. The quantitative estimate of drug-likeness (QED) is 0.494. The summed E-state index contributed by atoms with van der Waals surface area (Å²) in [4.78, 5) is 10.8. The monoisotopic (exact) mass is 250 g/mol. The summed E-state index contributed by atoms with van der Waals surface area (Å²) in [7, 11) is 1.68. The molecule has 0 aliphatic carbocycles. The number of nitrogens with one attached hydrogen (secondary N) is 1. The van der Waals surface area contributed by atoms with Gasteiger partial charge < -0.3 is 5.32 Å². The summed E-state index contributed by atoms with van der Waals surface area (Å²) in [6, 6.07) is -0.0379. The van der Waals surface area contributed by atoms with Crippen LogP contribution in [0.15, 0.2) is 0 Å². The summed E-state index contributed by atoms with van der Waals surface area (Å²) >= 11 is 0. The SMILES string of the molecule is C#CCC(C)Nc1c([N+](=O)[O-])c(C(C)C)nn1C. The Morgan fingerprint density at radius 3 is 2.61 bits per heavy atom. The van der Waals surface area contributed by atoms with Crippen molar-refractivity contribution in [1.82, 2.24) is 9.78 Å². The number of anilines is 1. The second kappa shape index (κ2) is 5.54. The van der Waals surface area contributed by atoms with Crippen LogP contribution >= 0.6 is 0 Å². The highest BCUT2D eigenvalue weighted by atomic mass is 16.6. The number of hydrogen-bond donors (Lipinski definition) is 1. The van der Waals surface area contributed by atoms with Gasteiger partial charge in [0.15, 0.2) is 0 Å². The topological polar surface area (TPSA) is 73.0 Å². The van der Waals surface area contributed by atoms with Crippen molar-refractivity contribution in [3.8, 4) is 12.3 Å². The highest BCUT2D eigenvalue weighted by molar-refractivity contribution is 5.61. The summed E-state index contributed by atoms with van der Waals surface area (Å²) in [6.45, 7) is 5.64. The van der Waals surface area contributed by atoms with E-state index >= 15 is 0 Å². The minimum Gasteiger partial charge on any atom is -0.361 e. The summed E-state index contributed by atoms with van der Waals surface area (Å²) in [5, 5.41) is 18.4. The molecule has 1 aromatic rings. The molecule has 1 unspecified atom stereocenters. The van der Waals surface area contributed by atoms with E-state index < -0.39 is 4.92 Å². The van der Waals surface area contributed by atoms with E-state index in [0.29, 0.717) is 17.9 Å². The van der Waals surface area contributed by atoms with Gasteiger partial charge in [0, 0.05) is 25.4 Å². The van der Waals surface area contributed by atoms with Gasteiger partial charge >= 0.3 is 5.69 Å². The predicted molar refractivity (Wildman–Crippen MR) is 70.5 cm³/mol. The second-order valence-electron chi connectivity index (χ2n) is 4.57. The third-order valence-corrected chi connectivity index (χ3v) is 2.58. The minimum absolute atomic E-state index is 0.00455. The predicted octanol–water partition coefficient (Wildman–Crippen LogP) is 2.28. The summed E-state index contributed by atoms with van der Waals surface area (Å²) in [6.07, 6.45) is 5.73. The average Bonchev–Trinajstić information content (AvgIpc) is 2.57. The average molecular weight is 250 g/mol. The number of nitro groups is 1. The van der Waals surface area contributed by atoms with Crippen LogP contribution in [-0.2, 0) is 7.05 Å². The van der Waals surface area contributed by atoms with Crippen LogP contribution in [0.4, 0.5) is 11.5 Å². The van der Waals surface area contributed by atoms with Crippen molar-refractivity contribution in [2.75, 3.05) is 5.32 Å². The smallest absolute Gasteiger partial charge is 0.334 e. The van der Waals surface area contributed by atoms with Crippen LogP contribution in [0.2, 0.25) is 0 Å². The van der Waals surface area contributed by atoms with Gasteiger partial charge in [0.25, 0.3) is 0 Å². The van der Waals surface area contributed by atoms with E-state index in [0.717, 1.165) is 0 Å². The van der Waals surface area contributed by atoms with Crippen LogP contribution in [0, 0.1) is 22.5 Å². The van der Waals surface area contributed by atoms with E-state index in [1.807, 2.05) is 20.8 Å². The summed E-state index contributed by atoms with van der Waals surface area (Å²) in [5.74, 6) is 2.93. The largest absolute Gasteiger partial charge is 0.361 e. The van der Waals surface area contributed by atoms with Gasteiger partial charge in [0.05, 0.1) is 4.92 Å². The van der Waals surface area contributed by atoms with Crippen LogP contribution in [0.3, 0.4) is 0 Å². The van der Waals surface area contributed by atoms with Crippen molar-refractivity contribution in [2.24, 2.45) is 7.05 Å². The first-order valence-corrected chi connectivity index (χ1v) is 5.79. The maximum absolute atomic E-state index is 11.2. The Morgan fingerprint density at radius 2 is 2.17 bits per heavy atom. The molecule has 0 bridgehead atoms. The standard InChI is InChI=1S/C12H18N4O2/c1-6-7-9(4)13-12-11(16(17)18)10(8(2)3)14-15(12)5/h1,8-9,13H,7H2,2-5H3. The van der Waals surface area contributed by atoms with Crippen molar-refractivity contribution in [3.63, 3.8) is 0 Å². The molecule has 1 N–H and O–H groups in total. The molecule has 0 radical (unpaired) electrons. The molecule has 1 atom stereocenters. The van der Waals surface area contributed by atoms with Gasteiger partial charge in [-0.25, -0.2) is 4.68 Å². The molecule has 1 rings (SSSR count). The maximum atomic E-state index is 11.2. The van der Waals surface area contributed by atoms with E-state index in [2.05, 4.69) is 16.3 Å². The fraction of sp³-hybridized carbons (Fsp3) is 0.583. The third kappa shape index (κ3) is 2.80. The number of terminal acetylenes is 1. The lowest BCUT2D eigenvalue weighted by atomic mass is 10.1. The third-order valence-electron chi connectivity index (χ3n) is 2.58. The number of rotatable bonds is 5. The molecule has 6 nitrogen and oxygen atoms in total.